The van der Waals surface area contributed by atoms with E-state index in [0.717, 1.165) is 68.8 Å². The summed E-state index contributed by atoms with van der Waals surface area (Å²) in [5.41, 5.74) is 17.9. The van der Waals surface area contributed by atoms with Crippen molar-refractivity contribution >= 4 is 11.4 Å². The van der Waals surface area contributed by atoms with Crippen LogP contribution in [0, 0.1) is 0 Å². The minimum atomic E-state index is -4.62. The number of alkyl halides is 6. The maximum absolute atomic E-state index is 13.9. The number of nitrogen functional groups attached to an aromatic ring is 2. The number of hydrogen-bond donors (Lipinski definition) is 2. The molecule has 0 aromatic heterocycles. The SMILES string of the molecule is Nc1ccc(C(F)(F)F)cc1Oc1ccc(C2(c3ccc(Oc4cc(C(F)(F)F)ccc4N)c(-c4ccccc4)c3)c3ccccc3-c3ccccc32)cc1-c1ccccc1. The molecule has 0 saturated heterocycles. The largest absolute Gasteiger partial charge is 0.455 e. The predicted octanol–water partition coefficient (Wildman–Crippen LogP) is 14.2. The fraction of sp³-hybridized carbons (Fsp3) is 0.0588. The van der Waals surface area contributed by atoms with E-state index < -0.39 is 28.9 Å². The fourth-order valence-corrected chi connectivity index (χ4v) is 8.25. The zero-order valence-corrected chi connectivity index (χ0v) is 32.1. The third kappa shape index (κ3) is 6.99. The average molecular weight is 821 g/mol. The second-order valence-electron chi connectivity index (χ2n) is 14.7. The monoisotopic (exact) mass is 820 g/mol. The molecular weight excluding hydrogens is 787 g/mol. The Morgan fingerprint density at radius 2 is 0.738 bits per heavy atom. The summed E-state index contributed by atoms with van der Waals surface area (Å²) in [7, 11) is 0. The van der Waals surface area contributed by atoms with Crippen molar-refractivity contribution < 1.29 is 35.8 Å². The van der Waals surface area contributed by atoms with Crippen LogP contribution in [0.4, 0.5) is 37.7 Å². The molecule has 0 unspecified atom stereocenters. The number of rotatable bonds is 8. The lowest BCUT2D eigenvalue weighted by molar-refractivity contribution is -0.138. The van der Waals surface area contributed by atoms with E-state index in [0.29, 0.717) is 11.1 Å². The van der Waals surface area contributed by atoms with Crippen LogP contribution in [0.2, 0.25) is 0 Å². The van der Waals surface area contributed by atoms with Crippen molar-refractivity contribution in [3.63, 3.8) is 0 Å². The van der Waals surface area contributed by atoms with Crippen LogP contribution in [0.1, 0.15) is 33.4 Å². The van der Waals surface area contributed by atoms with Gasteiger partial charge >= 0.3 is 12.4 Å². The van der Waals surface area contributed by atoms with Gasteiger partial charge in [0.2, 0.25) is 0 Å². The van der Waals surface area contributed by atoms with Gasteiger partial charge in [-0.15, -0.1) is 0 Å². The number of hydrogen-bond acceptors (Lipinski definition) is 4. The lowest BCUT2D eigenvalue weighted by atomic mass is 9.67. The van der Waals surface area contributed by atoms with Gasteiger partial charge in [0.25, 0.3) is 0 Å². The van der Waals surface area contributed by atoms with E-state index in [1.54, 1.807) is 12.1 Å². The molecule has 0 radical (unpaired) electrons. The smallest absolute Gasteiger partial charge is 0.416 e. The number of fused-ring (bicyclic) bond motifs is 3. The molecule has 1 aliphatic carbocycles. The van der Waals surface area contributed by atoms with Gasteiger partial charge in [-0.05, 0) is 105 Å². The number of anilines is 2. The van der Waals surface area contributed by atoms with Crippen LogP contribution < -0.4 is 20.9 Å². The Labute approximate surface area is 347 Å². The van der Waals surface area contributed by atoms with Crippen molar-refractivity contribution in [3.8, 4) is 56.4 Å². The summed E-state index contributed by atoms with van der Waals surface area (Å²) in [5, 5.41) is 0. The lowest BCUT2D eigenvalue weighted by Gasteiger charge is -2.35. The highest BCUT2D eigenvalue weighted by Gasteiger charge is 2.46. The minimum absolute atomic E-state index is 0.0360. The van der Waals surface area contributed by atoms with E-state index in [2.05, 4.69) is 24.3 Å². The molecule has 0 atom stereocenters. The van der Waals surface area contributed by atoms with E-state index >= 15 is 0 Å². The average Bonchev–Trinajstić information content (AvgIpc) is 3.56. The minimum Gasteiger partial charge on any atom is -0.455 e. The number of ether oxygens (including phenoxy) is 2. The molecule has 61 heavy (non-hydrogen) atoms. The summed E-state index contributed by atoms with van der Waals surface area (Å²) in [4.78, 5) is 0. The van der Waals surface area contributed by atoms with Gasteiger partial charge in [0.15, 0.2) is 11.5 Å². The fourth-order valence-electron chi connectivity index (χ4n) is 8.25. The van der Waals surface area contributed by atoms with Crippen LogP contribution in [0.5, 0.6) is 23.0 Å². The van der Waals surface area contributed by atoms with Gasteiger partial charge in [0.1, 0.15) is 11.5 Å². The van der Waals surface area contributed by atoms with Gasteiger partial charge in [-0.3, -0.25) is 0 Å². The zero-order valence-electron chi connectivity index (χ0n) is 32.1. The van der Waals surface area contributed by atoms with Crippen molar-refractivity contribution in [2.45, 2.75) is 17.8 Å². The first-order chi connectivity index (χ1) is 29.3. The highest BCUT2D eigenvalue weighted by atomic mass is 19.4. The molecule has 0 saturated carbocycles. The topological polar surface area (TPSA) is 70.5 Å². The Kier molecular flexibility index (Phi) is 9.58. The molecule has 1 aliphatic rings. The second-order valence-corrected chi connectivity index (χ2v) is 14.7. The maximum Gasteiger partial charge on any atom is 0.416 e. The van der Waals surface area contributed by atoms with Crippen LogP contribution in [0.15, 0.2) is 182 Å². The van der Waals surface area contributed by atoms with E-state index in [1.165, 1.54) is 12.1 Å². The van der Waals surface area contributed by atoms with Crippen LogP contribution >= 0.6 is 0 Å². The van der Waals surface area contributed by atoms with Crippen LogP contribution in [0.3, 0.4) is 0 Å². The standard InChI is InChI=1S/C51H34F6N2O2/c52-50(53,54)35-19-23-43(58)47(29-35)60-45-25-21-33(27-39(45)31-11-3-1-4-12-31)49(41-17-9-7-15-37(41)38-16-8-10-18-42(38)49)34-22-26-46(40(28-34)32-13-5-2-6-14-32)61-48-30-36(51(55,56)57)20-24-44(48)59/h1-30H,58-59H2. The number of halogens is 6. The van der Waals surface area contributed by atoms with Gasteiger partial charge in [-0.1, -0.05) is 121 Å². The summed E-state index contributed by atoms with van der Waals surface area (Å²) < 4.78 is 95.7. The highest BCUT2D eigenvalue weighted by Crippen LogP contribution is 2.58. The first kappa shape index (κ1) is 39.0. The Balaban J connectivity index is 1.29. The van der Waals surface area contributed by atoms with Gasteiger partial charge in [-0.2, -0.15) is 26.3 Å². The predicted molar refractivity (Wildman–Crippen MR) is 226 cm³/mol. The van der Waals surface area contributed by atoms with Crippen LogP contribution in [0.25, 0.3) is 33.4 Å². The first-order valence-corrected chi connectivity index (χ1v) is 19.2. The van der Waals surface area contributed by atoms with Crippen molar-refractivity contribution in [1.29, 1.82) is 0 Å². The molecular formula is C51H34F6N2O2. The molecule has 8 aromatic carbocycles. The first-order valence-electron chi connectivity index (χ1n) is 19.2. The van der Waals surface area contributed by atoms with Crippen LogP contribution in [-0.4, -0.2) is 0 Å². The van der Waals surface area contributed by atoms with Crippen LogP contribution in [-0.2, 0) is 17.8 Å². The molecule has 302 valence electrons. The zero-order chi connectivity index (χ0) is 42.5. The van der Waals surface area contributed by atoms with Crippen molar-refractivity contribution in [2.75, 3.05) is 11.5 Å². The van der Waals surface area contributed by atoms with E-state index in [4.69, 9.17) is 20.9 Å². The molecule has 4 N–H and O–H groups in total. The van der Waals surface area contributed by atoms with E-state index in [1.807, 2.05) is 109 Å². The molecule has 10 heteroatoms. The summed E-state index contributed by atoms with van der Waals surface area (Å²) in [6.45, 7) is 0. The molecule has 0 spiro atoms. The van der Waals surface area contributed by atoms with Gasteiger partial charge in [-0.25, -0.2) is 0 Å². The molecule has 0 bridgehead atoms. The number of benzene rings is 8. The normalized spacial score (nSPS) is 13.0. The summed E-state index contributed by atoms with van der Waals surface area (Å²) in [6.07, 6.45) is -9.24. The Bertz CT molecular complexity index is 2730. The molecule has 0 fully saturated rings. The maximum atomic E-state index is 13.9. The molecule has 8 aromatic rings. The molecule has 9 rings (SSSR count). The molecule has 0 amide bonds. The van der Waals surface area contributed by atoms with Gasteiger partial charge in [0, 0.05) is 11.1 Å². The third-order valence-corrected chi connectivity index (χ3v) is 11.1. The van der Waals surface area contributed by atoms with Gasteiger partial charge in [0.05, 0.1) is 27.9 Å². The Hall–Kier alpha value is -7.46. The van der Waals surface area contributed by atoms with Crippen molar-refractivity contribution in [3.05, 3.63) is 215 Å². The van der Waals surface area contributed by atoms with Crippen molar-refractivity contribution in [2.24, 2.45) is 0 Å². The van der Waals surface area contributed by atoms with Gasteiger partial charge < -0.3 is 20.9 Å². The number of nitrogens with two attached hydrogens (primary N) is 2. The summed E-state index contributed by atoms with van der Waals surface area (Å²) in [5.74, 6) is 0.275. The highest BCUT2D eigenvalue weighted by molar-refractivity contribution is 5.88. The molecule has 4 nitrogen and oxygen atoms in total. The quantitative estimate of drug-likeness (QED) is 0.118. The molecule has 0 heterocycles. The summed E-state index contributed by atoms with van der Waals surface area (Å²) in [6, 6.07) is 52.2. The molecule has 0 aliphatic heterocycles. The Morgan fingerprint density at radius 1 is 0.361 bits per heavy atom. The Morgan fingerprint density at radius 3 is 1.13 bits per heavy atom. The second kappa shape index (κ2) is 15.0. The third-order valence-electron chi connectivity index (χ3n) is 11.1. The summed E-state index contributed by atoms with van der Waals surface area (Å²) >= 11 is 0. The van der Waals surface area contributed by atoms with E-state index in [-0.39, 0.29) is 34.4 Å². The lowest BCUT2D eigenvalue weighted by Crippen LogP contribution is -2.28. The van der Waals surface area contributed by atoms with Crippen molar-refractivity contribution in [1.82, 2.24) is 0 Å². The van der Waals surface area contributed by atoms with E-state index in [9.17, 15) is 26.3 Å².